The minimum absolute atomic E-state index is 0.0959. The van der Waals surface area contributed by atoms with E-state index in [1.165, 1.54) is 0 Å². The van der Waals surface area contributed by atoms with Gasteiger partial charge < -0.3 is 21.7 Å². The molecule has 1 aliphatic carbocycles. The molecule has 0 bridgehead atoms. The molecule has 19 heavy (non-hydrogen) atoms. The molecule has 1 aromatic rings. The Morgan fingerprint density at radius 1 is 1.26 bits per heavy atom. The Labute approximate surface area is 111 Å². The molecule has 0 aromatic heterocycles. The van der Waals surface area contributed by atoms with Gasteiger partial charge in [-0.25, -0.2) is 9.59 Å². The highest BCUT2D eigenvalue weighted by Crippen LogP contribution is 2.19. The van der Waals surface area contributed by atoms with Crippen molar-refractivity contribution in [2.75, 3.05) is 5.32 Å². The molecule has 5 N–H and O–H groups in total. The number of rotatable bonds is 4. The Kier molecular flexibility index (Phi) is 3.89. The van der Waals surface area contributed by atoms with E-state index >= 15 is 0 Å². The summed E-state index contributed by atoms with van der Waals surface area (Å²) in [5.74, 6) is 0. The van der Waals surface area contributed by atoms with E-state index in [1.54, 1.807) is 12.1 Å². The summed E-state index contributed by atoms with van der Waals surface area (Å²) in [5, 5.41) is 8.22. The molecule has 6 nitrogen and oxygen atoms in total. The van der Waals surface area contributed by atoms with Crippen molar-refractivity contribution < 1.29 is 9.59 Å². The highest BCUT2D eigenvalue weighted by Gasteiger charge is 2.23. The van der Waals surface area contributed by atoms with Gasteiger partial charge in [-0.2, -0.15) is 0 Å². The molecule has 2 rings (SSSR count). The number of anilines is 1. The van der Waals surface area contributed by atoms with E-state index in [-0.39, 0.29) is 12.1 Å². The third-order valence-corrected chi connectivity index (χ3v) is 2.94. The third kappa shape index (κ3) is 4.17. The fourth-order valence-electron chi connectivity index (χ4n) is 1.73. The number of nitrogens with two attached hydrogens (primary N) is 1. The Hall–Kier alpha value is -2.24. The molecule has 0 saturated heterocycles. The lowest BCUT2D eigenvalue weighted by Crippen LogP contribution is -2.38. The largest absolute Gasteiger partial charge is 0.351 e. The Bertz CT molecular complexity index is 468. The lowest BCUT2D eigenvalue weighted by atomic mass is 10.1. The first-order chi connectivity index (χ1) is 9.04. The van der Waals surface area contributed by atoms with E-state index in [0.29, 0.717) is 11.7 Å². The first-order valence-corrected chi connectivity index (χ1v) is 6.28. The molecule has 0 aliphatic heterocycles. The summed E-state index contributed by atoms with van der Waals surface area (Å²) in [5.41, 5.74) is 6.61. The van der Waals surface area contributed by atoms with Gasteiger partial charge in [-0.1, -0.05) is 12.1 Å². The minimum atomic E-state index is -0.595. The predicted octanol–water partition coefficient (Wildman–Crippen LogP) is 1.70. The number of nitrogens with one attached hydrogen (secondary N) is 3. The predicted molar refractivity (Wildman–Crippen MR) is 72.8 cm³/mol. The number of carbonyl (C=O) groups excluding carboxylic acids is 2. The summed E-state index contributed by atoms with van der Waals surface area (Å²) in [7, 11) is 0. The number of primary amides is 1. The Morgan fingerprint density at radius 3 is 2.42 bits per heavy atom. The monoisotopic (exact) mass is 262 g/mol. The molecule has 1 aliphatic rings. The number of hydrogen-bond donors (Lipinski definition) is 4. The summed E-state index contributed by atoms with van der Waals surface area (Å²) in [6.07, 6.45) is 2.13. The van der Waals surface area contributed by atoms with Crippen molar-refractivity contribution >= 4 is 17.7 Å². The highest BCUT2D eigenvalue weighted by atomic mass is 16.2. The van der Waals surface area contributed by atoms with Crippen LogP contribution < -0.4 is 21.7 Å². The zero-order chi connectivity index (χ0) is 13.8. The summed E-state index contributed by atoms with van der Waals surface area (Å²) in [6.45, 7) is 1.91. The van der Waals surface area contributed by atoms with Crippen molar-refractivity contribution in [3.8, 4) is 0 Å². The van der Waals surface area contributed by atoms with Crippen LogP contribution in [0.3, 0.4) is 0 Å². The van der Waals surface area contributed by atoms with Gasteiger partial charge >= 0.3 is 12.1 Å². The zero-order valence-electron chi connectivity index (χ0n) is 10.8. The molecular formula is C13H18N4O2. The number of urea groups is 2. The van der Waals surface area contributed by atoms with E-state index in [2.05, 4.69) is 16.0 Å². The van der Waals surface area contributed by atoms with Gasteiger partial charge in [0, 0.05) is 11.7 Å². The average Bonchev–Trinajstić information content (AvgIpc) is 3.12. The van der Waals surface area contributed by atoms with Gasteiger partial charge in [0.05, 0.1) is 6.04 Å². The Balaban J connectivity index is 1.88. The summed E-state index contributed by atoms with van der Waals surface area (Å²) in [6, 6.07) is 6.68. The number of benzene rings is 1. The van der Waals surface area contributed by atoms with Crippen LogP contribution in [0.25, 0.3) is 0 Å². The van der Waals surface area contributed by atoms with Crippen LogP contribution in [0, 0.1) is 0 Å². The van der Waals surface area contributed by atoms with Crippen LogP contribution in [0.1, 0.15) is 31.4 Å². The standard InChI is InChI=1S/C13H18N4O2/c1-8(15-13(19)17-11-6-7-11)9-2-4-10(5-3-9)16-12(14)18/h2-5,8,11H,6-7H2,1H3,(H3,14,16,18)(H2,15,17,19). The smallest absolute Gasteiger partial charge is 0.316 e. The quantitative estimate of drug-likeness (QED) is 0.664. The fourth-order valence-corrected chi connectivity index (χ4v) is 1.73. The molecule has 4 amide bonds. The maximum atomic E-state index is 11.6. The maximum absolute atomic E-state index is 11.6. The molecule has 1 atom stereocenters. The first-order valence-electron chi connectivity index (χ1n) is 6.28. The first kappa shape index (κ1) is 13.2. The van der Waals surface area contributed by atoms with E-state index in [4.69, 9.17) is 5.73 Å². The van der Waals surface area contributed by atoms with Crippen molar-refractivity contribution in [3.63, 3.8) is 0 Å². The second-order valence-electron chi connectivity index (χ2n) is 4.73. The van der Waals surface area contributed by atoms with E-state index in [0.717, 1.165) is 18.4 Å². The van der Waals surface area contributed by atoms with Crippen LogP contribution in [0.2, 0.25) is 0 Å². The van der Waals surface area contributed by atoms with Crippen molar-refractivity contribution in [2.24, 2.45) is 5.73 Å². The SMILES string of the molecule is CC(NC(=O)NC1CC1)c1ccc(NC(N)=O)cc1. The fraction of sp³-hybridized carbons (Fsp3) is 0.385. The lowest BCUT2D eigenvalue weighted by Gasteiger charge is -2.15. The van der Waals surface area contributed by atoms with Gasteiger partial charge in [-0.15, -0.1) is 0 Å². The summed E-state index contributed by atoms with van der Waals surface area (Å²) >= 11 is 0. The molecular weight excluding hydrogens is 244 g/mol. The number of hydrogen-bond acceptors (Lipinski definition) is 2. The molecule has 1 saturated carbocycles. The van der Waals surface area contributed by atoms with Crippen molar-refractivity contribution in [2.45, 2.75) is 31.8 Å². The van der Waals surface area contributed by atoms with Gasteiger partial charge in [0.1, 0.15) is 0 Å². The molecule has 0 radical (unpaired) electrons. The van der Waals surface area contributed by atoms with Gasteiger partial charge in [0.2, 0.25) is 0 Å². The van der Waals surface area contributed by atoms with E-state index in [9.17, 15) is 9.59 Å². The minimum Gasteiger partial charge on any atom is -0.351 e. The normalized spacial score (nSPS) is 15.4. The molecule has 0 heterocycles. The van der Waals surface area contributed by atoms with Gasteiger partial charge in [-0.05, 0) is 37.5 Å². The van der Waals surface area contributed by atoms with Gasteiger partial charge in [0.25, 0.3) is 0 Å². The molecule has 1 unspecified atom stereocenters. The zero-order valence-corrected chi connectivity index (χ0v) is 10.8. The molecule has 1 aromatic carbocycles. The second kappa shape index (κ2) is 5.60. The van der Waals surface area contributed by atoms with Crippen molar-refractivity contribution in [1.82, 2.24) is 10.6 Å². The molecule has 1 fully saturated rings. The molecule has 0 spiro atoms. The average molecular weight is 262 g/mol. The number of carbonyl (C=O) groups is 2. The van der Waals surface area contributed by atoms with Crippen molar-refractivity contribution in [1.29, 1.82) is 0 Å². The van der Waals surface area contributed by atoms with Crippen LogP contribution in [-0.4, -0.2) is 18.1 Å². The molecule has 102 valence electrons. The third-order valence-electron chi connectivity index (χ3n) is 2.94. The summed E-state index contributed by atoms with van der Waals surface area (Å²) in [4.78, 5) is 22.3. The van der Waals surface area contributed by atoms with Crippen LogP contribution in [0.4, 0.5) is 15.3 Å². The molecule has 6 heteroatoms. The summed E-state index contributed by atoms with van der Waals surface area (Å²) < 4.78 is 0. The topological polar surface area (TPSA) is 96.2 Å². The number of amides is 4. The Morgan fingerprint density at radius 2 is 1.89 bits per heavy atom. The maximum Gasteiger partial charge on any atom is 0.316 e. The van der Waals surface area contributed by atoms with Gasteiger partial charge in [-0.3, -0.25) is 0 Å². The van der Waals surface area contributed by atoms with Crippen LogP contribution >= 0.6 is 0 Å². The second-order valence-corrected chi connectivity index (χ2v) is 4.73. The van der Waals surface area contributed by atoms with Crippen LogP contribution in [0.5, 0.6) is 0 Å². The van der Waals surface area contributed by atoms with E-state index in [1.807, 2.05) is 19.1 Å². The highest BCUT2D eigenvalue weighted by molar-refractivity contribution is 5.87. The van der Waals surface area contributed by atoms with Crippen LogP contribution in [-0.2, 0) is 0 Å². The van der Waals surface area contributed by atoms with E-state index < -0.39 is 6.03 Å². The lowest BCUT2D eigenvalue weighted by molar-refractivity contribution is 0.237. The van der Waals surface area contributed by atoms with Gasteiger partial charge in [0.15, 0.2) is 0 Å². The van der Waals surface area contributed by atoms with Crippen LogP contribution in [0.15, 0.2) is 24.3 Å². The van der Waals surface area contributed by atoms with Crippen molar-refractivity contribution in [3.05, 3.63) is 29.8 Å².